The van der Waals surface area contributed by atoms with E-state index in [1.807, 2.05) is 23.1 Å². The van der Waals surface area contributed by atoms with Gasteiger partial charge in [-0.2, -0.15) is 0 Å². The zero-order valence-electron chi connectivity index (χ0n) is 16.1. The number of amides is 1. The number of aryl methyl sites for hydroxylation is 1. The number of hydrogen-bond acceptors (Lipinski definition) is 3. The molecule has 0 aromatic heterocycles. The van der Waals surface area contributed by atoms with Crippen LogP contribution in [0.2, 0.25) is 0 Å². The summed E-state index contributed by atoms with van der Waals surface area (Å²) >= 11 is 0. The number of carbonyl (C=O) groups excluding carboxylic acids is 2. The van der Waals surface area contributed by atoms with Gasteiger partial charge in [-0.25, -0.2) is 0 Å². The van der Waals surface area contributed by atoms with Crippen molar-refractivity contribution in [2.75, 3.05) is 20.2 Å². The highest BCUT2D eigenvalue weighted by Gasteiger charge is 2.26. The molecule has 1 fully saturated rings. The number of rotatable bonds is 6. The van der Waals surface area contributed by atoms with Crippen LogP contribution in [-0.4, -0.2) is 36.8 Å². The van der Waals surface area contributed by atoms with Gasteiger partial charge in [-0.15, -0.1) is 0 Å². The largest absolute Gasteiger partial charge is 0.497 e. The number of carbonyl (C=O) groups is 2. The molecule has 4 heteroatoms. The summed E-state index contributed by atoms with van der Waals surface area (Å²) in [7, 11) is 1.68. The molecule has 4 nitrogen and oxygen atoms in total. The Kier molecular flexibility index (Phi) is 6.28. The van der Waals surface area contributed by atoms with Crippen LogP contribution in [0.3, 0.4) is 0 Å². The van der Waals surface area contributed by atoms with Crippen molar-refractivity contribution in [3.05, 3.63) is 65.2 Å². The normalized spacial score (nSPS) is 16.8. The molecule has 1 heterocycles. The molecule has 1 amide bonds. The first-order valence-corrected chi connectivity index (χ1v) is 9.60. The molecule has 0 saturated carbocycles. The van der Waals surface area contributed by atoms with E-state index in [1.54, 1.807) is 25.3 Å². The smallest absolute Gasteiger partial charge is 0.254 e. The average molecular weight is 365 g/mol. The van der Waals surface area contributed by atoms with Gasteiger partial charge in [-0.1, -0.05) is 30.3 Å². The van der Waals surface area contributed by atoms with Crippen molar-refractivity contribution in [2.45, 2.75) is 32.6 Å². The highest BCUT2D eigenvalue weighted by atomic mass is 16.5. The van der Waals surface area contributed by atoms with Crippen molar-refractivity contribution in [3.63, 3.8) is 0 Å². The van der Waals surface area contributed by atoms with Crippen LogP contribution >= 0.6 is 0 Å². The minimum absolute atomic E-state index is 0.0214. The maximum Gasteiger partial charge on any atom is 0.254 e. The lowest BCUT2D eigenvalue weighted by Crippen LogP contribution is -2.40. The molecule has 1 aliphatic rings. The molecule has 0 spiro atoms. The quantitative estimate of drug-likeness (QED) is 0.714. The number of piperidine rings is 1. The van der Waals surface area contributed by atoms with Gasteiger partial charge < -0.3 is 9.64 Å². The summed E-state index contributed by atoms with van der Waals surface area (Å²) in [4.78, 5) is 26.8. The average Bonchev–Trinajstić information content (AvgIpc) is 2.72. The minimum atomic E-state index is -0.0643. The Bertz CT molecular complexity index is 815. The molecular weight excluding hydrogens is 338 g/mol. The van der Waals surface area contributed by atoms with Crippen molar-refractivity contribution >= 4 is 11.7 Å². The van der Waals surface area contributed by atoms with Crippen LogP contribution in [0.4, 0.5) is 0 Å². The highest BCUT2D eigenvalue weighted by Crippen LogP contribution is 2.25. The lowest BCUT2D eigenvalue weighted by molar-refractivity contribution is 0.0665. The van der Waals surface area contributed by atoms with Crippen molar-refractivity contribution in [1.29, 1.82) is 0 Å². The van der Waals surface area contributed by atoms with E-state index >= 15 is 0 Å². The summed E-state index contributed by atoms with van der Waals surface area (Å²) < 4.78 is 5.29. The van der Waals surface area contributed by atoms with Crippen molar-refractivity contribution in [1.82, 2.24) is 4.90 Å². The van der Waals surface area contributed by atoms with Crippen molar-refractivity contribution in [3.8, 4) is 5.75 Å². The van der Waals surface area contributed by atoms with E-state index in [1.165, 1.54) is 12.5 Å². The number of ketones is 1. The second-order valence-corrected chi connectivity index (χ2v) is 7.25. The molecule has 1 saturated heterocycles. The molecule has 1 atom stereocenters. The highest BCUT2D eigenvalue weighted by molar-refractivity contribution is 6.07. The summed E-state index contributed by atoms with van der Waals surface area (Å²) in [5.41, 5.74) is 2.30. The van der Waals surface area contributed by atoms with E-state index in [9.17, 15) is 9.59 Å². The van der Waals surface area contributed by atoms with Crippen LogP contribution < -0.4 is 4.74 Å². The fraction of sp³-hybridized carbons (Fsp3) is 0.391. The van der Waals surface area contributed by atoms with Gasteiger partial charge in [0.2, 0.25) is 0 Å². The lowest BCUT2D eigenvalue weighted by Gasteiger charge is -2.33. The maximum atomic E-state index is 13.0. The molecule has 0 aliphatic carbocycles. The number of methoxy groups -OCH3 is 1. The standard InChI is InChI=1S/C23H27NO3/c1-17(25)21-10-3-4-11-22(21)23(26)24-14-6-8-19(16-24)13-12-18-7-5-9-20(15-18)27-2/h3-5,7,9-11,15,19H,6,8,12-14,16H2,1-2H3. The zero-order chi connectivity index (χ0) is 19.2. The second kappa shape index (κ2) is 8.85. The molecule has 2 aromatic rings. The van der Waals surface area contributed by atoms with Gasteiger partial charge in [-0.05, 0) is 62.3 Å². The summed E-state index contributed by atoms with van der Waals surface area (Å²) in [6, 6.07) is 15.3. The lowest BCUT2D eigenvalue weighted by atomic mass is 9.91. The van der Waals surface area contributed by atoms with E-state index in [0.717, 1.165) is 44.5 Å². The Morgan fingerprint density at radius 2 is 1.89 bits per heavy atom. The first-order valence-electron chi connectivity index (χ1n) is 9.60. The Balaban J connectivity index is 1.64. The van der Waals surface area contributed by atoms with Gasteiger partial charge in [0, 0.05) is 18.7 Å². The van der Waals surface area contributed by atoms with Crippen LogP contribution in [0.5, 0.6) is 5.75 Å². The Hall–Kier alpha value is -2.62. The first-order chi connectivity index (χ1) is 13.1. The summed E-state index contributed by atoms with van der Waals surface area (Å²) in [5, 5.41) is 0. The number of nitrogens with zero attached hydrogens (tertiary/aromatic N) is 1. The molecule has 3 rings (SSSR count). The predicted molar refractivity (Wildman–Crippen MR) is 106 cm³/mol. The Morgan fingerprint density at radius 1 is 1.11 bits per heavy atom. The van der Waals surface area contributed by atoms with Gasteiger partial charge in [-0.3, -0.25) is 9.59 Å². The monoisotopic (exact) mass is 365 g/mol. The third kappa shape index (κ3) is 4.76. The van der Waals surface area contributed by atoms with Gasteiger partial charge in [0.25, 0.3) is 5.91 Å². The molecule has 0 bridgehead atoms. The van der Waals surface area contributed by atoms with Crippen LogP contribution in [0.15, 0.2) is 48.5 Å². The van der Waals surface area contributed by atoms with Gasteiger partial charge in [0.05, 0.1) is 12.7 Å². The number of likely N-dealkylation sites (tertiary alicyclic amines) is 1. The molecule has 1 aliphatic heterocycles. The second-order valence-electron chi connectivity index (χ2n) is 7.25. The van der Waals surface area contributed by atoms with E-state index < -0.39 is 0 Å². The van der Waals surface area contributed by atoms with E-state index in [4.69, 9.17) is 4.74 Å². The Morgan fingerprint density at radius 3 is 2.63 bits per heavy atom. The molecule has 142 valence electrons. The number of Topliss-reactive ketones (excluding diaryl/α,β-unsaturated/α-hetero) is 1. The third-order valence-corrected chi connectivity index (χ3v) is 5.32. The van der Waals surface area contributed by atoms with E-state index in [-0.39, 0.29) is 11.7 Å². The summed E-state index contributed by atoms with van der Waals surface area (Å²) in [5.74, 6) is 1.28. The molecule has 27 heavy (non-hydrogen) atoms. The zero-order valence-corrected chi connectivity index (χ0v) is 16.1. The van der Waals surface area contributed by atoms with Gasteiger partial charge in [0.1, 0.15) is 5.75 Å². The number of benzene rings is 2. The molecule has 2 aromatic carbocycles. The molecule has 0 N–H and O–H groups in total. The SMILES string of the molecule is COc1cccc(CCC2CCCN(C(=O)c3ccccc3C(C)=O)C2)c1. The van der Waals surface area contributed by atoms with Crippen LogP contribution in [0.1, 0.15) is 52.5 Å². The third-order valence-electron chi connectivity index (χ3n) is 5.32. The number of hydrogen-bond donors (Lipinski definition) is 0. The fourth-order valence-electron chi connectivity index (χ4n) is 3.83. The van der Waals surface area contributed by atoms with Crippen molar-refractivity contribution < 1.29 is 14.3 Å². The molecule has 0 radical (unpaired) electrons. The maximum absolute atomic E-state index is 13.0. The fourth-order valence-corrected chi connectivity index (χ4v) is 3.83. The van der Waals surface area contributed by atoms with Crippen molar-refractivity contribution in [2.24, 2.45) is 5.92 Å². The summed E-state index contributed by atoms with van der Waals surface area (Å²) in [6.07, 6.45) is 4.18. The first kappa shape index (κ1) is 19.2. The Labute approximate surface area is 161 Å². The van der Waals surface area contributed by atoms with E-state index in [0.29, 0.717) is 17.0 Å². The summed E-state index contributed by atoms with van der Waals surface area (Å²) in [6.45, 7) is 3.04. The molecule has 1 unspecified atom stereocenters. The van der Waals surface area contributed by atoms with Crippen LogP contribution in [0.25, 0.3) is 0 Å². The number of ether oxygens (including phenoxy) is 1. The van der Waals surface area contributed by atoms with Gasteiger partial charge >= 0.3 is 0 Å². The predicted octanol–water partition coefficient (Wildman–Crippen LogP) is 4.38. The van der Waals surface area contributed by atoms with E-state index in [2.05, 4.69) is 12.1 Å². The topological polar surface area (TPSA) is 46.6 Å². The molecular formula is C23H27NO3. The minimum Gasteiger partial charge on any atom is -0.497 e. The van der Waals surface area contributed by atoms with Crippen LogP contribution in [-0.2, 0) is 6.42 Å². The van der Waals surface area contributed by atoms with Gasteiger partial charge in [0.15, 0.2) is 5.78 Å². The van der Waals surface area contributed by atoms with Crippen LogP contribution in [0, 0.1) is 5.92 Å².